The maximum absolute atomic E-state index is 13.3. The van der Waals surface area contributed by atoms with Gasteiger partial charge in [-0.25, -0.2) is 18.4 Å². The predicted octanol–water partition coefficient (Wildman–Crippen LogP) is 5.63. The SMILES string of the molecule is CC(C)(C)[Si](C)(C)OC[C@H](c1cc(Cl)cc(Cl)c1)n1ccc(-c2ccnc(S(C)(=O)=O)n2)cc1=O. The molecule has 0 N–H and O–H groups in total. The van der Waals surface area contributed by atoms with Crippen molar-refractivity contribution in [1.29, 1.82) is 0 Å². The molecule has 3 aromatic rings. The molecule has 0 aliphatic rings. The fourth-order valence-corrected chi connectivity index (χ4v) is 5.26. The number of hydrogen-bond donors (Lipinski definition) is 0. The Hall–Kier alpha value is -2.04. The van der Waals surface area contributed by atoms with Crippen LogP contribution in [0.2, 0.25) is 28.2 Å². The van der Waals surface area contributed by atoms with Crippen LogP contribution in [0, 0.1) is 0 Å². The number of rotatable bonds is 7. The average Bonchev–Trinajstić information content (AvgIpc) is 2.73. The summed E-state index contributed by atoms with van der Waals surface area (Å²) >= 11 is 12.5. The van der Waals surface area contributed by atoms with Gasteiger partial charge in [0.05, 0.1) is 18.3 Å². The molecule has 0 spiro atoms. The summed E-state index contributed by atoms with van der Waals surface area (Å²) in [6.45, 7) is 11.0. The molecule has 0 bridgehead atoms. The number of halogens is 2. The van der Waals surface area contributed by atoms with E-state index in [4.69, 9.17) is 27.6 Å². The van der Waals surface area contributed by atoms with E-state index in [0.717, 1.165) is 11.8 Å². The number of nitrogens with zero attached hydrogens (tertiary/aromatic N) is 3. The Morgan fingerprint density at radius 2 is 1.71 bits per heavy atom. The quantitative estimate of drug-likeness (QED) is 0.278. The van der Waals surface area contributed by atoms with Crippen LogP contribution in [0.15, 0.2) is 58.7 Å². The normalized spacial score (nSPS) is 13.6. The van der Waals surface area contributed by atoms with Crippen molar-refractivity contribution in [3.63, 3.8) is 0 Å². The van der Waals surface area contributed by atoms with Crippen LogP contribution >= 0.6 is 23.2 Å². The van der Waals surface area contributed by atoms with Gasteiger partial charge in [0.15, 0.2) is 8.32 Å². The summed E-state index contributed by atoms with van der Waals surface area (Å²) < 4.78 is 31.7. The highest BCUT2D eigenvalue weighted by molar-refractivity contribution is 7.90. The van der Waals surface area contributed by atoms with Crippen molar-refractivity contribution >= 4 is 41.4 Å². The van der Waals surface area contributed by atoms with Crippen LogP contribution in [0.4, 0.5) is 0 Å². The van der Waals surface area contributed by atoms with Crippen LogP contribution < -0.4 is 5.56 Å². The largest absolute Gasteiger partial charge is 0.414 e. The molecule has 0 fully saturated rings. The molecule has 0 saturated heterocycles. The van der Waals surface area contributed by atoms with E-state index < -0.39 is 24.2 Å². The lowest BCUT2D eigenvalue weighted by Crippen LogP contribution is -2.43. The maximum Gasteiger partial charge on any atom is 0.251 e. The Balaban J connectivity index is 2.06. The molecule has 0 amide bonds. The van der Waals surface area contributed by atoms with Gasteiger partial charge >= 0.3 is 0 Å². The highest BCUT2D eigenvalue weighted by atomic mass is 35.5. The zero-order valence-electron chi connectivity index (χ0n) is 20.5. The van der Waals surface area contributed by atoms with Gasteiger partial charge < -0.3 is 8.99 Å². The standard InChI is InChI=1S/C24H29Cl2N3O4SSi/c1-24(2,3)35(5,6)33-15-21(17-11-18(25)14-19(26)12-17)29-10-8-16(13-22(29)30)20-7-9-27-23(28-20)34(4,31)32/h7-14,21H,15H2,1-6H3/t21-/m1/s1. The van der Waals surface area contributed by atoms with E-state index in [0.29, 0.717) is 21.3 Å². The topological polar surface area (TPSA) is 91.2 Å². The minimum atomic E-state index is -3.59. The summed E-state index contributed by atoms with van der Waals surface area (Å²) in [5, 5.41) is 0.615. The Labute approximate surface area is 217 Å². The van der Waals surface area contributed by atoms with Gasteiger partial charge in [0.2, 0.25) is 15.0 Å². The molecule has 2 heterocycles. The van der Waals surface area contributed by atoms with Crippen molar-refractivity contribution < 1.29 is 12.8 Å². The molecule has 11 heteroatoms. The van der Waals surface area contributed by atoms with Gasteiger partial charge in [-0.15, -0.1) is 0 Å². The lowest BCUT2D eigenvalue weighted by Gasteiger charge is -2.37. The first-order valence-corrected chi connectivity index (χ1v) is 16.5. The minimum absolute atomic E-state index is 0.0112. The molecule has 7 nitrogen and oxygen atoms in total. The average molecular weight is 555 g/mol. The number of pyridine rings is 1. The van der Waals surface area contributed by atoms with E-state index in [2.05, 4.69) is 43.8 Å². The van der Waals surface area contributed by atoms with Crippen molar-refractivity contribution in [3.05, 3.63) is 74.8 Å². The van der Waals surface area contributed by atoms with Gasteiger partial charge in [0.25, 0.3) is 5.56 Å². The minimum Gasteiger partial charge on any atom is -0.414 e. The first-order valence-electron chi connectivity index (χ1n) is 10.9. The van der Waals surface area contributed by atoms with Gasteiger partial charge in [-0.05, 0) is 54.0 Å². The predicted molar refractivity (Wildman–Crippen MR) is 143 cm³/mol. The molecule has 0 radical (unpaired) electrons. The highest BCUT2D eigenvalue weighted by Crippen LogP contribution is 2.37. The third-order valence-corrected chi connectivity index (χ3v) is 12.0. The third kappa shape index (κ3) is 6.59. The molecule has 35 heavy (non-hydrogen) atoms. The Bertz CT molecular complexity index is 1380. The molecule has 0 saturated carbocycles. The Morgan fingerprint density at radius 1 is 1.09 bits per heavy atom. The summed E-state index contributed by atoms with van der Waals surface area (Å²) in [5.41, 5.74) is 1.26. The van der Waals surface area contributed by atoms with Crippen LogP contribution in [0.5, 0.6) is 0 Å². The fraction of sp³-hybridized carbons (Fsp3) is 0.375. The second-order valence-electron chi connectivity index (χ2n) is 9.95. The lowest BCUT2D eigenvalue weighted by molar-refractivity contribution is 0.246. The van der Waals surface area contributed by atoms with Crippen molar-refractivity contribution in [2.75, 3.05) is 12.9 Å². The maximum atomic E-state index is 13.3. The molecule has 0 aliphatic heterocycles. The molecular formula is C24H29Cl2N3O4SSi. The van der Waals surface area contributed by atoms with E-state index >= 15 is 0 Å². The fourth-order valence-electron chi connectivity index (χ4n) is 3.20. The van der Waals surface area contributed by atoms with E-state index in [9.17, 15) is 13.2 Å². The summed E-state index contributed by atoms with van der Waals surface area (Å²) in [4.78, 5) is 21.2. The van der Waals surface area contributed by atoms with Gasteiger partial charge in [-0.2, -0.15) is 0 Å². The summed E-state index contributed by atoms with van der Waals surface area (Å²) in [6, 6.07) is 9.40. The number of hydrogen-bond acceptors (Lipinski definition) is 6. The van der Waals surface area contributed by atoms with Crippen LogP contribution in [-0.2, 0) is 14.3 Å². The molecule has 1 aromatic carbocycles. The smallest absolute Gasteiger partial charge is 0.251 e. The van der Waals surface area contributed by atoms with Crippen LogP contribution in [0.3, 0.4) is 0 Å². The Kier molecular flexibility index (Phi) is 7.98. The number of aromatic nitrogens is 3. The first kappa shape index (κ1) is 27.5. The zero-order chi connectivity index (χ0) is 26.2. The Morgan fingerprint density at radius 3 is 2.26 bits per heavy atom. The van der Waals surface area contributed by atoms with Crippen LogP contribution in [-0.4, -0.2) is 44.1 Å². The first-order chi connectivity index (χ1) is 16.1. The zero-order valence-corrected chi connectivity index (χ0v) is 23.9. The second-order valence-corrected chi connectivity index (χ2v) is 17.5. The van der Waals surface area contributed by atoms with Crippen LogP contribution in [0.1, 0.15) is 32.4 Å². The molecule has 0 unspecified atom stereocenters. The summed E-state index contributed by atoms with van der Waals surface area (Å²) in [7, 11) is -5.71. The van der Waals surface area contributed by atoms with E-state index in [-0.39, 0.29) is 22.4 Å². The molecular weight excluding hydrogens is 525 g/mol. The summed E-state index contributed by atoms with van der Waals surface area (Å²) in [6.07, 6.45) is 4.04. The molecule has 0 aliphatic carbocycles. The van der Waals surface area contributed by atoms with Gasteiger partial charge in [-0.1, -0.05) is 44.0 Å². The van der Waals surface area contributed by atoms with E-state index in [1.54, 1.807) is 41.1 Å². The number of benzene rings is 1. The molecule has 1 atom stereocenters. The van der Waals surface area contributed by atoms with E-state index in [1.165, 1.54) is 12.3 Å². The molecule has 3 rings (SSSR count). The summed E-state index contributed by atoms with van der Waals surface area (Å²) in [5.74, 6) is 0. The van der Waals surface area contributed by atoms with Crippen molar-refractivity contribution in [2.45, 2.75) is 50.1 Å². The van der Waals surface area contributed by atoms with Crippen molar-refractivity contribution in [3.8, 4) is 11.3 Å². The monoisotopic (exact) mass is 553 g/mol. The van der Waals surface area contributed by atoms with Gasteiger partial charge in [0, 0.05) is 40.3 Å². The van der Waals surface area contributed by atoms with Gasteiger partial charge in [0.1, 0.15) is 0 Å². The van der Waals surface area contributed by atoms with E-state index in [1.807, 2.05) is 0 Å². The van der Waals surface area contributed by atoms with Crippen molar-refractivity contribution in [1.82, 2.24) is 14.5 Å². The molecule has 2 aromatic heterocycles. The van der Waals surface area contributed by atoms with Crippen molar-refractivity contribution in [2.24, 2.45) is 0 Å². The lowest BCUT2D eigenvalue weighted by atomic mass is 10.1. The van der Waals surface area contributed by atoms with Gasteiger partial charge in [-0.3, -0.25) is 4.79 Å². The van der Waals surface area contributed by atoms with Crippen LogP contribution in [0.25, 0.3) is 11.3 Å². The second kappa shape index (κ2) is 10.1. The third-order valence-electron chi connectivity index (χ3n) is 6.22. The number of sulfone groups is 1. The molecule has 188 valence electrons. The highest BCUT2D eigenvalue weighted by Gasteiger charge is 2.38.